The maximum atomic E-state index is 7.75. The van der Waals surface area contributed by atoms with E-state index < -0.39 is 0 Å². The Morgan fingerprint density at radius 1 is 0.667 bits per heavy atom. The maximum Gasteiger partial charge on any atom is 6.00 e. The molecule has 0 aromatic rings. The van der Waals surface area contributed by atoms with E-state index in [2.05, 4.69) is 90.2 Å². The summed E-state index contributed by atoms with van der Waals surface area (Å²) in [5.74, 6) is 0. The normalized spacial score (nSPS) is 12.5. The molecular weight excluding hydrogens is 429 g/mol. The smallest absolute Gasteiger partial charge is 0.680 e. The summed E-state index contributed by atoms with van der Waals surface area (Å²) in [6, 6.07) is 0. The second-order valence-corrected chi connectivity index (χ2v) is 7.81. The van der Waals surface area contributed by atoms with E-state index in [9.17, 15) is 0 Å². The van der Waals surface area contributed by atoms with Crippen LogP contribution < -0.4 is 0 Å². The van der Waals surface area contributed by atoms with E-state index in [1.54, 1.807) is 0 Å². The Morgan fingerprint density at radius 2 is 0.889 bits per heavy atom. The van der Waals surface area contributed by atoms with E-state index in [1.165, 1.54) is 0 Å². The fraction of sp³-hybridized carbons (Fsp3) is 0.900. The summed E-state index contributed by atoms with van der Waals surface area (Å²) in [4.78, 5) is 15.5. The van der Waals surface area contributed by atoms with Crippen LogP contribution in [0.3, 0.4) is 0 Å². The quantitative estimate of drug-likeness (QED) is 0.256. The van der Waals surface area contributed by atoms with Crippen LogP contribution in [0, 0.1) is 10.8 Å². The summed E-state index contributed by atoms with van der Waals surface area (Å²) in [5.41, 5.74) is 0.369. The maximum absolute atomic E-state index is 7.75. The van der Waals surface area contributed by atoms with Crippen LogP contribution in [0.2, 0.25) is 0 Å². The van der Waals surface area contributed by atoms with Crippen molar-refractivity contribution in [1.82, 2.24) is 0 Å². The molecule has 0 spiro atoms. The summed E-state index contributed by atoms with van der Waals surface area (Å²) in [6.07, 6.45) is 2.56. The fourth-order valence-electron chi connectivity index (χ4n) is 1.99. The van der Waals surface area contributed by atoms with Gasteiger partial charge in [-0.3, -0.25) is 13.6 Å². The Kier molecular flexibility index (Phi) is 33.1. The first-order chi connectivity index (χ1) is 12.0. The number of rotatable bonds is 8. The SMILES string of the molecule is CCC[N-]C([N-]C)C(C)(C)C.CCC[N-]C([N-]C)C(C)(C)C.[CH-]=O.[CH-]=O.[Ru+6]. The second kappa shape index (κ2) is 23.8. The average molecular weight is 472 g/mol. The van der Waals surface area contributed by atoms with Crippen LogP contribution in [0.1, 0.15) is 68.2 Å². The molecule has 0 aromatic carbocycles. The number of hydrogen-bond acceptors (Lipinski definition) is 2. The first-order valence-electron chi connectivity index (χ1n) is 9.02. The van der Waals surface area contributed by atoms with Gasteiger partial charge in [0.05, 0.1) is 0 Å². The Morgan fingerprint density at radius 3 is 1.00 bits per heavy atom. The largest absolute Gasteiger partial charge is 6.00 e. The van der Waals surface area contributed by atoms with Crippen molar-refractivity contribution < 1.29 is 29.1 Å². The third-order valence-electron chi connectivity index (χ3n) is 3.09. The van der Waals surface area contributed by atoms with Gasteiger partial charge >= 0.3 is 19.5 Å². The standard InChI is InChI=1S/2C9H20N2.2CHO.Ru/c2*1-6-7-11-8(10-5)9(2,3)4;2*1-2;/h2*8H,6-7H2,1-5H3;2*1H;/q2*-2;2*-1;+6. The molecule has 0 saturated heterocycles. The Bertz CT molecular complexity index is 254. The van der Waals surface area contributed by atoms with E-state index in [4.69, 9.17) is 9.59 Å². The molecule has 2 unspecified atom stereocenters. The zero-order valence-corrected chi connectivity index (χ0v) is 20.8. The van der Waals surface area contributed by atoms with Crippen molar-refractivity contribution >= 4 is 13.6 Å². The van der Waals surface area contributed by atoms with Crippen LogP contribution in [-0.4, -0.2) is 53.1 Å². The molecule has 0 aliphatic heterocycles. The van der Waals surface area contributed by atoms with Gasteiger partial charge in [0, 0.05) is 0 Å². The summed E-state index contributed by atoms with van der Waals surface area (Å²) in [7, 11) is 3.68. The predicted octanol–water partition coefficient (Wildman–Crippen LogP) is 5.74. The zero-order valence-electron chi connectivity index (χ0n) is 19.1. The van der Waals surface area contributed by atoms with Gasteiger partial charge in [0.2, 0.25) is 0 Å². The minimum absolute atomic E-state index is 0. The summed E-state index contributed by atoms with van der Waals surface area (Å²) < 4.78 is 0. The molecule has 0 heterocycles. The Balaban J connectivity index is -0.0000000975. The Hall–Kier alpha value is -0.197. The van der Waals surface area contributed by atoms with Gasteiger partial charge < -0.3 is 30.9 Å². The van der Waals surface area contributed by atoms with Crippen LogP contribution in [-0.2, 0) is 29.1 Å². The third-order valence-corrected chi connectivity index (χ3v) is 3.09. The minimum Gasteiger partial charge on any atom is -0.680 e. The van der Waals surface area contributed by atoms with Crippen molar-refractivity contribution in [3.8, 4) is 0 Å². The predicted molar refractivity (Wildman–Crippen MR) is 116 cm³/mol. The molecule has 2 atom stereocenters. The van der Waals surface area contributed by atoms with Crippen LogP contribution in [0.5, 0.6) is 0 Å². The molecule has 0 aliphatic carbocycles. The van der Waals surface area contributed by atoms with Crippen molar-refractivity contribution in [2.24, 2.45) is 10.8 Å². The molecule has 6 nitrogen and oxygen atoms in total. The van der Waals surface area contributed by atoms with Crippen LogP contribution >= 0.6 is 0 Å². The summed E-state index contributed by atoms with van der Waals surface area (Å²) in [6.45, 7) is 25.7. The minimum atomic E-state index is 0. The van der Waals surface area contributed by atoms with Gasteiger partial charge in [0.25, 0.3) is 0 Å². The van der Waals surface area contributed by atoms with Gasteiger partial charge in [0.15, 0.2) is 0 Å². The van der Waals surface area contributed by atoms with Crippen molar-refractivity contribution in [3.05, 3.63) is 21.3 Å². The molecule has 0 fully saturated rings. The molecule has 0 rings (SSSR count). The first kappa shape index (κ1) is 37.5. The monoisotopic (exact) mass is 472 g/mol. The van der Waals surface area contributed by atoms with Crippen LogP contribution in [0.25, 0.3) is 21.3 Å². The molecule has 0 saturated carbocycles. The van der Waals surface area contributed by atoms with Crippen molar-refractivity contribution in [2.45, 2.75) is 80.6 Å². The van der Waals surface area contributed by atoms with E-state index >= 15 is 0 Å². The first-order valence-corrected chi connectivity index (χ1v) is 9.02. The molecular formula is C20H42N4O2Ru. The number of carbonyl (C=O) groups excluding carboxylic acids is 2. The van der Waals surface area contributed by atoms with Gasteiger partial charge in [-0.25, -0.2) is 12.3 Å². The van der Waals surface area contributed by atoms with Gasteiger partial charge in [-0.15, -0.1) is 0 Å². The third kappa shape index (κ3) is 25.8. The fourth-order valence-corrected chi connectivity index (χ4v) is 1.99. The van der Waals surface area contributed by atoms with Gasteiger partial charge in [0.1, 0.15) is 0 Å². The van der Waals surface area contributed by atoms with Gasteiger partial charge in [-0.05, 0) is 0 Å². The molecule has 0 radical (unpaired) electrons. The van der Waals surface area contributed by atoms with Crippen LogP contribution in [0.15, 0.2) is 0 Å². The van der Waals surface area contributed by atoms with E-state index in [1.807, 2.05) is 14.1 Å². The number of nitrogens with zero attached hydrogens (tertiary/aromatic N) is 4. The molecule has 0 aliphatic rings. The molecule has 0 bridgehead atoms. The van der Waals surface area contributed by atoms with E-state index in [-0.39, 0.29) is 42.6 Å². The molecule has 0 aromatic heterocycles. The van der Waals surface area contributed by atoms with E-state index in [0.717, 1.165) is 25.9 Å². The van der Waals surface area contributed by atoms with Crippen molar-refractivity contribution in [2.75, 3.05) is 27.2 Å². The molecule has 27 heavy (non-hydrogen) atoms. The van der Waals surface area contributed by atoms with E-state index in [0.29, 0.717) is 0 Å². The zero-order chi connectivity index (χ0) is 21.8. The second-order valence-electron chi connectivity index (χ2n) is 7.81. The summed E-state index contributed by atoms with van der Waals surface area (Å²) >= 11 is 0. The average Bonchev–Trinajstić information content (AvgIpc) is 2.58. The van der Waals surface area contributed by atoms with Crippen molar-refractivity contribution in [1.29, 1.82) is 0 Å². The topological polar surface area (TPSA) is 90.5 Å². The summed E-state index contributed by atoms with van der Waals surface area (Å²) in [5, 5.41) is 17.4. The Labute approximate surface area is 182 Å². The number of hydrogen-bond donors (Lipinski definition) is 0. The van der Waals surface area contributed by atoms with Crippen molar-refractivity contribution in [3.63, 3.8) is 0 Å². The molecule has 0 N–H and O–H groups in total. The van der Waals surface area contributed by atoms with Crippen LogP contribution in [0.4, 0.5) is 0 Å². The molecule has 7 heteroatoms. The van der Waals surface area contributed by atoms with Gasteiger partial charge in [-0.1, -0.05) is 79.1 Å². The van der Waals surface area contributed by atoms with Gasteiger partial charge in [-0.2, -0.15) is 27.2 Å². The molecule has 162 valence electrons. The molecule has 0 amide bonds.